The number of nitrogens with zero attached hydrogens (tertiary/aromatic N) is 4. The Morgan fingerprint density at radius 2 is 0.970 bits per heavy atom. The first-order valence-corrected chi connectivity index (χ1v) is 23.7. The Bertz CT molecular complexity index is 4620. The molecule has 15 rings (SSSR count). The Morgan fingerprint density at radius 1 is 0.373 bits per heavy atom. The van der Waals surface area contributed by atoms with Crippen molar-refractivity contribution in [1.82, 2.24) is 18.4 Å². The van der Waals surface area contributed by atoms with Crippen molar-refractivity contribution in [3.05, 3.63) is 181 Å². The lowest BCUT2D eigenvalue weighted by Crippen LogP contribution is -2.11. The second-order valence-corrected chi connectivity index (χ2v) is 21.2. The molecule has 0 N–H and O–H groups in total. The van der Waals surface area contributed by atoms with Crippen LogP contribution in [0.15, 0.2) is 170 Å². The van der Waals surface area contributed by atoms with Gasteiger partial charge in [-0.25, -0.2) is 4.98 Å². The van der Waals surface area contributed by atoms with Gasteiger partial charge in [-0.1, -0.05) is 139 Å². The highest BCUT2D eigenvalue weighted by atomic mass is 15.0. The van der Waals surface area contributed by atoms with Gasteiger partial charge in [-0.2, -0.15) is 0 Å². The minimum atomic E-state index is -0.0537. The normalized spacial score (nSPS) is 13.2. The first kappa shape index (κ1) is 37.3. The van der Waals surface area contributed by atoms with Crippen molar-refractivity contribution in [1.29, 1.82) is 0 Å². The highest BCUT2D eigenvalue weighted by molar-refractivity contribution is 6.40. The smallest absolute Gasteiger partial charge is 0.146 e. The third-order valence-corrected chi connectivity index (χ3v) is 15.4. The maximum Gasteiger partial charge on any atom is 0.146 e. The Kier molecular flexibility index (Phi) is 6.94. The largest absolute Gasteiger partial charge is 0.309 e. The van der Waals surface area contributed by atoms with Gasteiger partial charge in [0.2, 0.25) is 0 Å². The predicted octanol–water partition coefficient (Wildman–Crippen LogP) is 17.0. The van der Waals surface area contributed by atoms with Gasteiger partial charge in [0, 0.05) is 65.1 Å². The quantitative estimate of drug-likeness (QED) is 0.170. The highest BCUT2D eigenvalue weighted by Gasteiger charge is 2.30. The van der Waals surface area contributed by atoms with E-state index in [1.54, 1.807) is 0 Å². The van der Waals surface area contributed by atoms with Crippen molar-refractivity contribution in [3.63, 3.8) is 0 Å². The van der Waals surface area contributed by atoms with Gasteiger partial charge in [0.1, 0.15) is 5.65 Å². The van der Waals surface area contributed by atoms with E-state index < -0.39 is 0 Å². The summed E-state index contributed by atoms with van der Waals surface area (Å²) in [5, 5.41) is 17.7. The maximum atomic E-state index is 5.65. The predicted molar refractivity (Wildman–Crippen MR) is 286 cm³/mol. The summed E-state index contributed by atoms with van der Waals surface area (Å²) >= 11 is 0. The molecule has 15 aromatic rings. The molecule has 0 atom stereocenters. The van der Waals surface area contributed by atoms with Crippen LogP contribution in [0.4, 0.5) is 0 Å². The van der Waals surface area contributed by atoms with Crippen LogP contribution in [0.1, 0.15) is 52.7 Å². The standard InChI is InChI=1S/C63H46N4/c1-62(2,3)38-25-27-52-46(31-38)47-32-39(63(4,5)6)33-49-54-53(66(52)58(47)49)34-64-61-57(54)48-30-36-17-11-13-21-42(36)56-55-41-20-12-10-16-35(41)28-44(59(55)67(61)60(48)56)37-24-26-51-45(29-37)43-22-14-15-23-50(43)65(51)40-18-8-7-9-19-40/h7-34H,1-6H3. The van der Waals surface area contributed by atoms with E-state index in [2.05, 4.69) is 225 Å². The topological polar surface area (TPSA) is 26.6 Å². The number of hydrogen-bond acceptors (Lipinski definition) is 1. The van der Waals surface area contributed by atoms with Crippen LogP contribution in [0.2, 0.25) is 0 Å². The minimum absolute atomic E-state index is 0.0339. The van der Waals surface area contributed by atoms with E-state index in [1.807, 2.05) is 0 Å². The van der Waals surface area contributed by atoms with E-state index in [4.69, 9.17) is 4.98 Å². The van der Waals surface area contributed by atoms with Crippen LogP contribution in [0.25, 0.3) is 136 Å². The van der Waals surface area contributed by atoms with Crippen molar-refractivity contribution in [2.75, 3.05) is 0 Å². The highest BCUT2D eigenvalue weighted by Crippen LogP contribution is 2.52. The van der Waals surface area contributed by atoms with Crippen molar-refractivity contribution in [2.45, 2.75) is 52.4 Å². The van der Waals surface area contributed by atoms with Gasteiger partial charge in [-0.15, -0.1) is 0 Å². The van der Waals surface area contributed by atoms with Gasteiger partial charge in [-0.3, -0.25) is 4.40 Å². The zero-order valence-electron chi connectivity index (χ0n) is 38.5. The van der Waals surface area contributed by atoms with Crippen LogP contribution in [-0.4, -0.2) is 18.4 Å². The Hall–Kier alpha value is -7.95. The van der Waals surface area contributed by atoms with Crippen molar-refractivity contribution < 1.29 is 0 Å². The van der Waals surface area contributed by atoms with Crippen molar-refractivity contribution in [3.8, 4) is 16.8 Å². The molecule has 0 aliphatic rings. The fourth-order valence-corrected chi connectivity index (χ4v) is 12.2. The summed E-state index contributed by atoms with van der Waals surface area (Å²) in [7, 11) is 0. The van der Waals surface area contributed by atoms with Gasteiger partial charge >= 0.3 is 0 Å². The Labute approximate surface area is 386 Å². The molecule has 0 amide bonds. The molecule has 0 saturated carbocycles. The molecule has 0 spiro atoms. The number of aromatic nitrogens is 4. The fourth-order valence-electron chi connectivity index (χ4n) is 12.2. The first-order chi connectivity index (χ1) is 32.5. The molecule has 4 nitrogen and oxygen atoms in total. The Morgan fingerprint density at radius 3 is 1.73 bits per heavy atom. The van der Waals surface area contributed by atoms with Crippen LogP contribution >= 0.6 is 0 Å². The van der Waals surface area contributed by atoms with E-state index in [-0.39, 0.29) is 10.8 Å². The van der Waals surface area contributed by atoms with Crippen LogP contribution < -0.4 is 0 Å². The number of fused-ring (bicyclic) bond motifs is 20. The van der Waals surface area contributed by atoms with Gasteiger partial charge in [0.05, 0.1) is 44.8 Å². The van der Waals surface area contributed by atoms with E-state index in [0.717, 1.165) is 16.9 Å². The second-order valence-electron chi connectivity index (χ2n) is 21.2. The van der Waals surface area contributed by atoms with Gasteiger partial charge in [0.25, 0.3) is 0 Å². The molecule has 0 aliphatic carbocycles. The van der Waals surface area contributed by atoms with Gasteiger partial charge in [-0.05, 0) is 116 Å². The second kappa shape index (κ2) is 12.5. The van der Waals surface area contributed by atoms with Crippen LogP contribution in [0.5, 0.6) is 0 Å². The molecule has 6 aromatic heterocycles. The summed E-state index contributed by atoms with van der Waals surface area (Å²) in [6, 6.07) is 61.7. The molecule has 0 aliphatic heterocycles. The van der Waals surface area contributed by atoms with E-state index in [9.17, 15) is 0 Å². The summed E-state index contributed by atoms with van der Waals surface area (Å²) in [6.45, 7) is 14.0. The minimum Gasteiger partial charge on any atom is -0.309 e. The van der Waals surface area contributed by atoms with Crippen molar-refractivity contribution in [2.24, 2.45) is 0 Å². The molecular weight excluding hydrogens is 813 g/mol. The third kappa shape index (κ3) is 4.74. The lowest BCUT2D eigenvalue weighted by atomic mass is 9.84. The van der Waals surface area contributed by atoms with Gasteiger partial charge in [0.15, 0.2) is 0 Å². The van der Waals surface area contributed by atoms with Crippen LogP contribution in [-0.2, 0) is 10.8 Å². The van der Waals surface area contributed by atoms with Crippen molar-refractivity contribution >= 4 is 120 Å². The molecule has 4 heteroatoms. The SMILES string of the molecule is CC(C)(C)c1ccc2c(c1)c1cc(C(C)(C)C)cc3c4c5c6cc7ccccc7c7c8c9ccccc9cc(-c9ccc%10c(c9)c9ccccc9n%10-c9ccccc9)c8n(c5ncc4n2c13)c67. The molecule has 0 bridgehead atoms. The van der Waals surface area contributed by atoms with E-state index in [1.165, 1.54) is 131 Å². The summed E-state index contributed by atoms with van der Waals surface area (Å²) < 4.78 is 7.47. The molecule has 67 heavy (non-hydrogen) atoms. The number of benzene rings is 9. The van der Waals surface area contributed by atoms with E-state index in [0.29, 0.717) is 0 Å². The summed E-state index contributed by atoms with van der Waals surface area (Å²) in [5.74, 6) is 0. The average molecular weight is 859 g/mol. The summed E-state index contributed by atoms with van der Waals surface area (Å²) in [5.41, 5.74) is 15.8. The molecule has 0 unspecified atom stereocenters. The first-order valence-electron chi connectivity index (χ1n) is 23.7. The number of pyridine rings is 1. The lowest BCUT2D eigenvalue weighted by Gasteiger charge is -2.20. The maximum absolute atomic E-state index is 5.65. The molecule has 0 fully saturated rings. The lowest BCUT2D eigenvalue weighted by molar-refractivity contribution is 0.590. The molecular formula is C63H46N4. The number of hydrogen-bond donors (Lipinski definition) is 0. The molecule has 6 heterocycles. The average Bonchev–Trinajstić information content (AvgIpc) is 4.13. The number of para-hydroxylation sites is 2. The molecule has 9 aromatic carbocycles. The van der Waals surface area contributed by atoms with Crippen LogP contribution in [0, 0.1) is 0 Å². The monoisotopic (exact) mass is 858 g/mol. The summed E-state index contributed by atoms with van der Waals surface area (Å²) in [4.78, 5) is 5.65. The van der Waals surface area contributed by atoms with E-state index >= 15 is 0 Å². The van der Waals surface area contributed by atoms with Crippen LogP contribution in [0.3, 0.4) is 0 Å². The molecule has 0 saturated heterocycles. The zero-order valence-corrected chi connectivity index (χ0v) is 38.5. The van der Waals surface area contributed by atoms with Gasteiger partial charge < -0.3 is 8.97 Å². The number of rotatable bonds is 2. The fraction of sp³-hybridized carbons (Fsp3) is 0.127. The summed E-state index contributed by atoms with van der Waals surface area (Å²) in [6.07, 6.45) is 2.18. The Balaban J connectivity index is 1.14. The third-order valence-electron chi connectivity index (χ3n) is 15.4. The molecule has 318 valence electrons. The zero-order chi connectivity index (χ0) is 44.8. The molecule has 0 radical (unpaired) electrons.